The molecule has 0 bridgehead atoms. The predicted molar refractivity (Wildman–Crippen MR) is 121 cm³/mol. The molecule has 0 atom stereocenters. The van der Waals surface area contributed by atoms with Gasteiger partial charge < -0.3 is 10.1 Å². The highest BCUT2D eigenvalue weighted by Crippen LogP contribution is 2.26. The van der Waals surface area contributed by atoms with Gasteiger partial charge in [-0.05, 0) is 44.5 Å². The molecular weight excluding hydrogens is 388 g/mol. The van der Waals surface area contributed by atoms with Crippen LogP contribution in [0.3, 0.4) is 0 Å². The van der Waals surface area contributed by atoms with Crippen LogP contribution in [-0.2, 0) is 9.53 Å². The van der Waals surface area contributed by atoms with Crippen LogP contribution in [0.5, 0.6) is 0 Å². The summed E-state index contributed by atoms with van der Waals surface area (Å²) in [6.45, 7) is 5.61. The molecule has 0 saturated heterocycles. The van der Waals surface area contributed by atoms with E-state index in [1.54, 1.807) is 10.8 Å². The topological polar surface area (TPSA) is 79.9 Å². The van der Waals surface area contributed by atoms with Crippen LogP contribution in [0.25, 0.3) is 23.0 Å². The van der Waals surface area contributed by atoms with E-state index in [2.05, 4.69) is 5.32 Å². The third-order valence-corrected chi connectivity index (χ3v) is 4.67. The summed E-state index contributed by atoms with van der Waals surface area (Å²) in [5, 5.41) is 17.1. The number of aryl methyl sites for hydroxylation is 1. The van der Waals surface area contributed by atoms with Gasteiger partial charge in [-0.2, -0.15) is 10.4 Å². The van der Waals surface area contributed by atoms with Crippen LogP contribution in [0.2, 0.25) is 0 Å². The third kappa shape index (κ3) is 5.91. The van der Waals surface area contributed by atoms with Crippen LogP contribution in [0.15, 0.2) is 66.4 Å². The zero-order valence-corrected chi connectivity index (χ0v) is 17.8. The lowest BCUT2D eigenvalue weighted by atomic mass is 10.0. The van der Waals surface area contributed by atoms with Crippen molar-refractivity contribution in [2.24, 2.45) is 0 Å². The van der Waals surface area contributed by atoms with Crippen LogP contribution in [0, 0.1) is 18.3 Å². The molecule has 2 aromatic carbocycles. The molecule has 0 unspecified atom stereocenters. The molecule has 0 aliphatic rings. The van der Waals surface area contributed by atoms with Gasteiger partial charge in [-0.1, -0.05) is 42.0 Å². The van der Waals surface area contributed by atoms with Crippen molar-refractivity contribution in [2.75, 3.05) is 19.8 Å². The van der Waals surface area contributed by atoms with Gasteiger partial charge in [0.05, 0.1) is 5.69 Å². The summed E-state index contributed by atoms with van der Waals surface area (Å²) in [6, 6.07) is 19.8. The van der Waals surface area contributed by atoms with Gasteiger partial charge in [-0.15, -0.1) is 0 Å². The molecule has 1 N–H and O–H groups in total. The summed E-state index contributed by atoms with van der Waals surface area (Å²) in [4.78, 5) is 12.5. The first-order chi connectivity index (χ1) is 15.1. The minimum Gasteiger partial charge on any atom is -0.382 e. The monoisotopic (exact) mass is 414 g/mol. The maximum absolute atomic E-state index is 12.5. The van der Waals surface area contributed by atoms with Gasteiger partial charge in [0.2, 0.25) is 0 Å². The van der Waals surface area contributed by atoms with Gasteiger partial charge >= 0.3 is 0 Å². The molecule has 0 spiro atoms. The van der Waals surface area contributed by atoms with Crippen molar-refractivity contribution < 1.29 is 9.53 Å². The fraction of sp³-hybridized carbons (Fsp3) is 0.240. The highest BCUT2D eigenvalue weighted by Gasteiger charge is 2.15. The molecule has 0 fully saturated rings. The number of nitrogens with one attached hydrogen (secondary N) is 1. The molecular formula is C25H26N4O2. The van der Waals surface area contributed by atoms with Gasteiger partial charge in [0.15, 0.2) is 0 Å². The van der Waals surface area contributed by atoms with Gasteiger partial charge in [-0.3, -0.25) is 4.79 Å². The molecule has 6 heteroatoms. The highest BCUT2D eigenvalue weighted by molar-refractivity contribution is 6.02. The molecule has 3 aromatic rings. The second-order valence-electron chi connectivity index (χ2n) is 7.06. The molecule has 0 radical (unpaired) electrons. The van der Waals surface area contributed by atoms with E-state index in [4.69, 9.17) is 9.84 Å². The number of hydrogen-bond donors (Lipinski definition) is 1. The number of ether oxygens (including phenoxy) is 1. The number of carbonyl (C=O) groups excluding carboxylic acids is 1. The molecule has 31 heavy (non-hydrogen) atoms. The zero-order chi connectivity index (χ0) is 22.1. The molecule has 0 aliphatic heterocycles. The van der Waals surface area contributed by atoms with E-state index < -0.39 is 5.91 Å². The summed E-state index contributed by atoms with van der Waals surface area (Å²) in [5.41, 5.74) is 4.39. The lowest BCUT2D eigenvalue weighted by Gasteiger charge is -2.05. The second kappa shape index (κ2) is 10.9. The van der Waals surface area contributed by atoms with Crippen molar-refractivity contribution in [1.82, 2.24) is 15.1 Å². The Morgan fingerprint density at radius 1 is 1.23 bits per heavy atom. The van der Waals surface area contributed by atoms with E-state index in [-0.39, 0.29) is 5.57 Å². The Morgan fingerprint density at radius 2 is 2.03 bits per heavy atom. The highest BCUT2D eigenvalue weighted by atomic mass is 16.5. The van der Waals surface area contributed by atoms with Crippen molar-refractivity contribution in [3.8, 4) is 23.0 Å². The van der Waals surface area contributed by atoms with Crippen LogP contribution < -0.4 is 5.32 Å². The average Bonchev–Trinajstić information content (AvgIpc) is 3.21. The van der Waals surface area contributed by atoms with Crippen molar-refractivity contribution in [2.45, 2.75) is 20.3 Å². The maximum Gasteiger partial charge on any atom is 0.261 e. The first kappa shape index (κ1) is 22.0. The summed E-state index contributed by atoms with van der Waals surface area (Å²) >= 11 is 0. The molecule has 158 valence electrons. The molecule has 1 aromatic heterocycles. The standard InChI is InChI=1S/C25H26N4O2/c1-3-31-14-8-13-27-25(30)21(17-26)16-22-18-29(23-11-5-4-6-12-23)28-24(22)20-10-7-9-19(2)15-20/h4-7,9-12,15-16,18H,3,8,13-14H2,1-2H3,(H,27,30)/b21-16+. The van der Waals surface area contributed by atoms with Gasteiger partial charge in [0.1, 0.15) is 17.3 Å². The van der Waals surface area contributed by atoms with Crippen LogP contribution in [0.4, 0.5) is 0 Å². The summed E-state index contributed by atoms with van der Waals surface area (Å²) < 4.78 is 7.04. The molecule has 1 amide bonds. The Labute approximate surface area is 182 Å². The predicted octanol–water partition coefficient (Wildman–Crippen LogP) is 4.30. The lowest BCUT2D eigenvalue weighted by molar-refractivity contribution is -0.117. The number of aromatic nitrogens is 2. The number of hydrogen-bond acceptors (Lipinski definition) is 4. The minimum absolute atomic E-state index is 0.0397. The number of rotatable bonds is 9. The van der Waals surface area contributed by atoms with Gasteiger partial charge in [0.25, 0.3) is 5.91 Å². The summed E-state index contributed by atoms with van der Waals surface area (Å²) in [5.74, 6) is -0.401. The smallest absolute Gasteiger partial charge is 0.261 e. The average molecular weight is 415 g/mol. The number of nitrogens with zero attached hydrogens (tertiary/aromatic N) is 3. The van der Waals surface area contributed by atoms with E-state index >= 15 is 0 Å². The Bertz CT molecular complexity index is 1090. The molecule has 6 nitrogen and oxygen atoms in total. The normalized spacial score (nSPS) is 11.2. The maximum atomic E-state index is 12.5. The van der Waals surface area contributed by atoms with Gasteiger partial charge in [-0.25, -0.2) is 4.68 Å². The van der Waals surface area contributed by atoms with Crippen LogP contribution in [0.1, 0.15) is 24.5 Å². The number of benzene rings is 2. The minimum atomic E-state index is -0.401. The largest absolute Gasteiger partial charge is 0.382 e. The van der Waals surface area contributed by atoms with Crippen molar-refractivity contribution in [3.63, 3.8) is 0 Å². The Kier molecular flexibility index (Phi) is 7.74. The first-order valence-corrected chi connectivity index (χ1v) is 10.3. The first-order valence-electron chi connectivity index (χ1n) is 10.3. The number of carbonyl (C=O) groups is 1. The quantitative estimate of drug-likeness (QED) is 0.322. The summed E-state index contributed by atoms with van der Waals surface area (Å²) in [7, 11) is 0. The molecule has 0 aliphatic carbocycles. The number of amides is 1. The second-order valence-corrected chi connectivity index (χ2v) is 7.06. The Hall–Kier alpha value is -3.69. The third-order valence-electron chi connectivity index (χ3n) is 4.67. The molecule has 1 heterocycles. The van der Waals surface area contributed by atoms with Crippen molar-refractivity contribution in [3.05, 3.63) is 77.5 Å². The van der Waals surface area contributed by atoms with Gasteiger partial charge in [0, 0.05) is 37.1 Å². The fourth-order valence-electron chi connectivity index (χ4n) is 3.14. The van der Waals surface area contributed by atoms with E-state index in [9.17, 15) is 10.1 Å². The Morgan fingerprint density at radius 3 is 2.74 bits per heavy atom. The van der Waals surface area contributed by atoms with Crippen molar-refractivity contribution in [1.29, 1.82) is 5.26 Å². The van der Waals surface area contributed by atoms with E-state index in [1.165, 1.54) is 0 Å². The fourth-order valence-corrected chi connectivity index (χ4v) is 3.14. The zero-order valence-electron chi connectivity index (χ0n) is 17.8. The Balaban J connectivity index is 1.93. The van der Waals surface area contributed by atoms with Crippen LogP contribution >= 0.6 is 0 Å². The van der Waals surface area contributed by atoms with Crippen molar-refractivity contribution >= 4 is 12.0 Å². The van der Waals surface area contributed by atoms with E-state index in [1.807, 2.05) is 80.7 Å². The SMILES string of the molecule is CCOCCCNC(=O)/C(C#N)=C/c1cn(-c2ccccc2)nc1-c1cccc(C)c1. The lowest BCUT2D eigenvalue weighted by Crippen LogP contribution is -2.26. The van der Waals surface area contributed by atoms with E-state index in [0.29, 0.717) is 37.4 Å². The molecule has 3 rings (SSSR count). The van der Waals surface area contributed by atoms with Crippen LogP contribution in [-0.4, -0.2) is 35.4 Å². The number of nitriles is 1. The number of para-hydroxylation sites is 1. The van der Waals surface area contributed by atoms with E-state index in [0.717, 1.165) is 16.8 Å². The molecule has 0 saturated carbocycles. The summed E-state index contributed by atoms with van der Waals surface area (Å²) in [6.07, 6.45) is 4.13.